The molecule has 0 atom stereocenters. The average Bonchev–Trinajstić information content (AvgIpc) is 2.64. The molecule has 0 aliphatic rings. The Morgan fingerprint density at radius 2 is 1.88 bits per heavy atom. The Kier molecular flexibility index (Phi) is 4.58. The molecule has 0 aliphatic carbocycles. The number of rotatable bonds is 4. The van der Waals surface area contributed by atoms with Crippen molar-refractivity contribution in [2.75, 3.05) is 10.6 Å². The molecule has 3 rings (SSSR count). The number of hydrogen-bond donors (Lipinski definition) is 3. The predicted molar refractivity (Wildman–Crippen MR) is 95.8 cm³/mol. The zero-order valence-electron chi connectivity index (χ0n) is 13.1. The van der Waals surface area contributed by atoms with Crippen LogP contribution in [0.4, 0.5) is 11.5 Å². The number of carbonyl (C=O) groups is 1. The molecule has 1 heterocycles. The summed E-state index contributed by atoms with van der Waals surface area (Å²) in [5, 5.41) is 25.9. The van der Waals surface area contributed by atoms with Crippen molar-refractivity contribution in [2.24, 2.45) is 0 Å². The summed E-state index contributed by atoms with van der Waals surface area (Å²) in [5.41, 5.74) is 0.417. The molecule has 1 amide bonds. The molecule has 0 spiro atoms. The van der Waals surface area contributed by atoms with E-state index in [1.807, 2.05) is 6.07 Å². The van der Waals surface area contributed by atoms with Gasteiger partial charge in [-0.15, -0.1) is 0 Å². The van der Waals surface area contributed by atoms with Crippen LogP contribution in [0.1, 0.15) is 0 Å². The number of nitriles is 1. The second kappa shape index (κ2) is 7.15. The van der Waals surface area contributed by atoms with Crippen LogP contribution in [0, 0.1) is 11.3 Å². The number of amides is 1. The van der Waals surface area contributed by atoms with Crippen molar-refractivity contribution in [1.29, 1.82) is 5.26 Å². The van der Waals surface area contributed by atoms with Crippen LogP contribution >= 0.6 is 0 Å². The summed E-state index contributed by atoms with van der Waals surface area (Å²) in [6, 6.07) is 17.4. The molecule has 25 heavy (non-hydrogen) atoms. The van der Waals surface area contributed by atoms with E-state index in [1.54, 1.807) is 60.8 Å². The van der Waals surface area contributed by atoms with Gasteiger partial charge in [-0.2, -0.15) is 5.26 Å². The number of phenolic OH excluding ortho intramolecular Hbond substituents is 1. The maximum Gasteiger partial charge on any atom is 0.267 e. The van der Waals surface area contributed by atoms with Gasteiger partial charge < -0.3 is 15.7 Å². The van der Waals surface area contributed by atoms with E-state index in [0.29, 0.717) is 22.3 Å². The van der Waals surface area contributed by atoms with Crippen LogP contribution in [0.25, 0.3) is 10.8 Å². The number of phenols is 1. The Labute approximate surface area is 144 Å². The minimum atomic E-state index is -0.554. The van der Waals surface area contributed by atoms with E-state index in [4.69, 9.17) is 0 Å². The van der Waals surface area contributed by atoms with Gasteiger partial charge in [0, 0.05) is 28.9 Å². The van der Waals surface area contributed by atoms with Gasteiger partial charge in [0.15, 0.2) is 0 Å². The van der Waals surface area contributed by atoms with E-state index in [1.165, 1.54) is 6.20 Å². The third-order valence-electron chi connectivity index (χ3n) is 3.54. The first-order valence-corrected chi connectivity index (χ1v) is 7.49. The van der Waals surface area contributed by atoms with Gasteiger partial charge in [0.25, 0.3) is 5.91 Å². The molecule has 0 unspecified atom stereocenters. The lowest BCUT2D eigenvalue weighted by Crippen LogP contribution is -2.14. The van der Waals surface area contributed by atoms with Gasteiger partial charge in [0.1, 0.15) is 23.2 Å². The molecule has 0 saturated carbocycles. The molecule has 0 fully saturated rings. The van der Waals surface area contributed by atoms with Crippen molar-refractivity contribution in [3.05, 3.63) is 72.6 Å². The quantitative estimate of drug-likeness (QED) is 0.503. The molecule has 1 aromatic heterocycles. The maximum atomic E-state index is 12.4. The number of nitrogens with one attached hydrogen (secondary N) is 2. The van der Waals surface area contributed by atoms with Crippen LogP contribution in [0.5, 0.6) is 5.75 Å². The smallest absolute Gasteiger partial charge is 0.267 e. The molecule has 0 bridgehead atoms. The van der Waals surface area contributed by atoms with Crippen LogP contribution < -0.4 is 10.6 Å². The van der Waals surface area contributed by atoms with Crippen molar-refractivity contribution in [3.8, 4) is 11.8 Å². The lowest BCUT2D eigenvalue weighted by atomic mass is 10.1. The van der Waals surface area contributed by atoms with Crippen molar-refractivity contribution < 1.29 is 9.90 Å². The first-order valence-electron chi connectivity index (χ1n) is 7.49. The second-order valence-corrected chi connectivity index (χ2v) is 5.16. The highest BCUT2D eigenvalue weighted by Crippen LogP contribution is 2.29. The largest absolute Gasteiger partial charge is 0.507 e. The fraction of sp³-hybridized carbons (Fsp3) is 0. The van der Waals surface area contributed by atoms with Crippen molar-refractivity contribution in [3.63, 3.8) is 0 Å². The second-order valence-electron chi connectivity index (χ2n) is 5.16. The van der Waals surface area contributed by atoms with Crippen LogP contribution in [-0.4, -0.2) is 16.0 Å². The van der Waals surface area contributed by atoms with E-state index in [0.717, 1.165) is 0 Å². The number of fused-ring (bicyclic) bond motifs is 1. The van der Waals surface area contributed by atoms with Crippen molar-refractivity contribution in [2.45, 2.75) is 0 Å². The topological polar surface area (TPSA) is 98.0 Å². The fourth-order valence-electron chi connectivity index (χ4n) is 2.33. The van der Waals surface area contributed by atoms with Gasteiger partial charge in [0.05, 0.1) is 0 Å². The maximum absolute atomic E-state index is 12.4. The Balaban J connectivity index is 1.84. The fourth-order valence-corrected chi connectivity index (χ4v) is 2.33. The van der Waals surface area contributed by atoms with Gasteiger partial charge in [0.2, 0.25) is 0 Å². The van der Waals surface area contributed by atoms with E-state index in [2.05, 4.69) is 15.6 Å². The van der Waals surface area contributed by atoms with Crippen LogP contribution in [0.15, 0.2) is 72.6 Å². The zero-order valence-corrected chi connectivity index (χ0v) is 13.1. The summed E-state index contributed by atoms with van der Waals surface area (Å²) in [6.07, 6.45) is 2.91. The standard InChI is InChI=1S/C19H14N4O2/c20-11-13(12-22-18-9-1-2-10-21-18)19(25)23-16-7-3-6-15-14(16)5-4-8-17(15)24/h1-10,12,24H,(H,21,22)(H,23,25)/b13-12-. The summed E-state index contributed by atoms with van der Waals surface area (Å²) in [7, 11) is 0. The monoisotopic (exact) mass is 330 g/mol. The molecule has 0 saturated heterocycles. The molecule has 6 nitrogen and oxygen atoms in total. The highest BCUT2D eigenvalue weighted by Gasteiger charge is 2.12. The Bertz CT molecular complexity index is 991. The molecule has 2 aromatic carbocycles. The zero-order chi connectivity index (χ0) is 17.6. The number of pyridine rings is 1. The first-order chi connectivity index (χ1) is 12.2. The lowest BCUT2D eigenvalue weighted by Gasteiger charge is -2.09. The number of aromatic nitrogens is 1. The summed E-state index contributed by atoms with van der Waals surface area (Å²) in [4.78, 5) is 16.4. The highest BCUT2D eigenvalue weighted by atomic mass is 16.3. The molecule has 3 N–H and O–H groups in total. The number of benzene rings is 2. The lowest BCUT2D eigenvalue weighted by molar-refractivity contribution is -0.112. The van der Waals surface area contributed by atoms with E-state index in [9.17, 15) is 15.2 Å². The van der Waals surface area contributed by atoms with Gasteiger partial charge in [-0.1, -0.05) is 30.3 Å². The summed E-state index contributed by atoms with van der Waals surface area (Å²) >= 11 is 0. The minimum absolute atomic E-state index is 0.0946. The van der Waals surface area contributed by atoms with Crippen molar-refractivity contribution >= 4 is 28.2 Å². The molecule has 0 aliphatic heterocycles. The normalized spacial score (nSPS) is 10.9. The van der Waals surface area contributed by atoms with Gasteiger partial charge in [-0.05, 0) is 24.3 Å². The van der Waals surface area contributed by atoms with Gasteiger partial charge >= 0.3 is 0 Å². The first kappa shape index (κ1) is 16.0. The molecule has 3 aromatic rings. The van der Waals surface area contributed by atoms with Crippen molar-refractivity contribution in [1.82, 2.24) is 4.98 Å². The molecule has 6 heteroatoms. The highest BCUT2D eigenvalue weighted by molar-refractivity contribution is 6.11. The summed E-state index contributed by atoms with van der Waals surface area (Å²) in [6.45, 7) is 0. The number of nitrogens with zero attached hydrogens (tertiary/aromatic N) is 2. The Morgan fingerprint density at radius 3 is 2.64 bits per heavy atom. The van der Waals surface area contributed by atoms with E-state index >= 15 is 0 Å². The van der Waals surface area contributed by atoms with Gasteiger partial charge in [-0.3, -0.25) is 4.79 Å². The third-order valence-corrected chi connectivity index (χ3v) is 3.54. The summed E-state index contributed by atoms with van der Waals surface area (Å²) < 4.78 is 0. The van der Waals surface area contributed by atoms with Crippen LogP contribution in [0.3, 0.4) is 0 Å². The van der Waals surface area contributed by atoms with Crippen LogP contribution in [-0.2, 0) is 4.79 Å². The average molecular weight is 330 g/mol. The number of aromatic hydroxyl groups is 1. The Hall–Kier alpha value is -3.85. The summed E-state index contributed by atoms with van der Waals surface area (Å²) in [5.74, 6) is 0.0985. The number of hydrogen-bond acceptors (Lipinski definition) is 5. The van der Waals surface area contributed by atoms with Gasteiger partial charge in [-0.25, -0.2) is 4.98 Å². The van der Waals surface area contributed by atoms with Crippen LogP contribution in [0.2, 0.25) is 0 Å². The molecular formula is C19H14N4O2. The van der Waals surface area contributed by atoms with E-state index in [-0.39, 0.29) is 11.3 Å². The predicted octanol–water partition coefficient (Wildman–Crippen LogP) is 3.40. The molecule has 122 valence electrons. The minimum Gasteiger partial charge on any atom is -0.507 e. The SMILES string of the molecule is N#C/C(=C/Nc1ccccn1)C(=O)Nc1cccc2c(O)cccc12. The van der Waals surface area contributed by atoms with E-state index < -0.39 is 5.91 Å². The number of carbonyl (C=O) groups excluding carboxylic acids is 1. The number of anilines is 2. The third kappa shape index (κ3) is 3.57. The molecule has 0 radical (unpaired) electrons. The molecular weight excluding hydrogens is 316 g/mol. The Morgan fingerprint density at radius 1 is 1.08 bits per heavy atom.